The number of nitrogen functional groups attached to an aromatic ring is 1. The van der Waals surface area contributed by atoms with Crippen molar-refractivity contribution >= 4 is 5.82 Å². The lowest BCUT2D eigenvalue weighted by Gasteiger charge is -2.00. The third kappa shape index (κ3) is 1.58. The standard InChI is InChI=1S/C11H11FN2O/c1-6-5-8(3-4-9(6)12)10-7(2)11(13)14-15-10/h3-5H,1-2H3,(H2,13,14). The molecule has 0 unspecified atom stereocenters. The van der Waals surface area contributed by atoms with Crippen LogP contribution in [0.15, 0.2) is 22.7 Å². The van der Waals surface area contributed by atoms with Gasteiger partial charge in [-0.2, -0.15) is 0 Å². The number of aromatic nitrogens is 1. The van der Waals surface area contributed by atoms with Gasteiger partial charge in [0.05, 0.1) is 0 Å². The summed E-state index contributed by atoms with van der Waals surface area (Å²) in [6.45, 7) is 3.52. The zero-order valence-corrected chi connectivity index (χ0v) is 8.54. The second-order valence-corrected chi connectivity index (χ2v) is 3.49. The van der Waals surface area contributed by atoms with E-state index in [4.69, 9.17) is 10.3 Å². The van der Waals surface area contributed by atoms with Crippen LogP contribution in [-0.2, 0) is 0 Å². The molecule has 2 aromatic rings. The maximum atomic E-state index is 13.0. The van der Waals surface area contributed by atoms with E-state index >= 15 is 0 Å². The van der Waals surface area contributed by atoms with E-state index in [0.29, 0.717) is 17.1 Å². The first-order valence-corrected chi connectivity index (χ1v) is 4.58. The van der Waals surface area contributed by atoms with Gasteiger partial charge in [-0.15, -0.1) is 0 Å². The average molecular weight is 206 g/mol. The van der Waals surface area contributed by atoms with Crippen molar-refractivity contribution in [2.75, 3.05) is 5.73 Å². The highest BCUT2D eigenvalue weighted by atomic mass is 19.1. The first-order chi connectivity index (χ1) is 7.09. The number of rotatable bonds is 1. The number of aryl methyl sites for hydroxylation is 1. The average Bonchev–Trinajstić information content (AvgIpc) is 2.53. The number of nitrogens with two attached hydrogens (primary N) is 1. The predicted molar refractivity (Wildman–Crippen MR) is 55.8 cm³/mol. The summed E-state index contributed by atoms with van der Waals surface area (Å²) in [5, 5.41) is 3.65. The molecule has 0 amide bonds. The molecule has 0 aliphatic rings. The van der Waals surface area contributed by atoms with Crippen LogP contribution >= 0.6 is 0 Å². The van der Waals surface area contributed by atoms with Gasteiger partial charge in [-0.25, -0.2) is 4.39 Å². The minimum Gasteiger partial charge on any atom is -0.381 e. The molecule has 2 rings (SSSR count). The zero-order chi connectivity index (χ0) is 11.0. The Morgan fingerprint density at radius 2 is 2.07 bits per heavy atom. The van der Waals surface area contributed by atoms with Crippen molar-refractivity contribution < 1.29 is 8.91 Å². The fourth-order valence-corrected chi connectivity index (χ4v) is 1.40. The number of hydrogen-bond acceptors (Lipinski definition) is 3. The van der Waals surface area contributed by atoms with Crippen LogP contribution in [0, 0.1) is 19.7 Å². The number of halogens is 1. The van der Waals surface area contributed by atoms with Crippen LogP contribution in [0.4, 0.5) is 10.2 Å². The van der Waals surface area contributed by atoms with Crippen molar-refractivity contribution in [1.82, 2.24) is 5.16 Å². The lowest BCUT2D eigenvalue weighted by atomic mass is 10.1. The molecule has 0 radical (unpaired) electrons. The Hall–Kier alpha value is -1.84. The van der Waals surface area contributed by atoms with Gasteiger partial charge >= 0.3 is 0 Å². The minimum atomic E-state index is -0.233. The molecule has 0 spiro atoms. The van der Waals surface area contributed by atoms with E-state index in [9.17, 15) is 4.39 Å². The monoisotopic (exact) mass is 206 g/mol. The van der Waals surface area contributed by atoms with Gasteiger partial charge < -0.3 is 10.3 Å². The van der Waals surface area contributed by atoms with Crippen LogP contribution in [0.5, 0.6) is 0 Å². The number of hydrogen-bond donors (Lipinski definition) is 1. The van der Waals surface area contributed by atoms with Gasteiger partial charge in [-0.05, 0) is 37.6 Å². The van der Waals surface area contributed by atoms with E-state index in [1.54, 1.807) is 19.1 Å². The van der Waals surface area contributed by atoms with E-state index in [2.05, 4.69) is 5.16 Å². The van der Waals surface area contributed by atoms with Gasteiger partial charge in [0.15, 0.2) is 11.6 Å². The number of anilines is 1. The summed E-state index contributed by atoms with van der Waals surface area (Å²) in [5.74, 6) is 0.728. The van der Waals surface area contributed by atoms with Gasteiger partial charge in [-0.1, -0.05) is 5.16 Å². The van der Waals surface area contributed by atoms with Crippen molar-refractivity contribution in [2.24, 2.45) is 0 Å². The molecule has 1 heterocycles. The fourth-order valence-electron chi connectivity index (χ4n) is 1.40. The van der Waals surface area contributed by atoms with Crippen LogP contribution in [0.3, 0.4) is 0 Å². The normalized spacial score (nSPS) is 10.6. The summed E-state index contributed by atoms with van der Waals surface area (Å²) >= 11 is 0. The smallest absolute Gasteiger partial charge is 0.171 e. The molecule has 15 heavy (non-hydrogen) atoms. The summed E-state index contributed by atoms with van der Waals surface area (Å²) in [5.41, 5.74) is 7.70. The maximum absolute atomic E-state index is 13.0. The first-order valence-electron chi connectivity index (χ1n) is 4.58. The third-order valence-electron chi connectivity index (χ3n) is 2.38. The fraction of sp³-hybridized carbons (Fsp3) is 0.182. The molecule has 0 atom stereocenters. The molecule has 0 saturated heterocycles. The second kappa shape index (κ2) is 3.38. The Labute approximate surface area is 86.7 Å². The van der Waals surface area contributed by atoms with Gasteiger partial charge in [0.25, 0.3) is 0 Å². The lowest BCUT2D eigenvalue weighted by Crippen LogP contribution is -1.87. The van der Waals surface area contributed by atoms with Gasteiger partial charge in [0, 0.05) is 11.1 Å². The molecule has 1 aromatic carbocycles. The van der Waals surface area contributed by atoms with Crippen molar-refractivity contribution in [3.8, 4) is 11.3 Å². The van der Waals surface area contributed by atoms with E-state index in [0.717, 1.165) is 11.1 Å². The number of nitrogens with zero attached hydrogens (tertiary/aromatic N) is 1. The maximum Gasteiger partial charge on any atom is 0.171 e. The van der Waals surface area contributed by atoms with Crippen molar-refractivity contribution in [3.63, 3.8) is 0 Å². The summed E-state index contributed by atoms with van der Waals surface area (Å²) in [4.78, 5) is 0. The topological polar surface area (TPSA) is 52.0 Å². The molecule has 0 aliphatic carbocycles. The zero-order valence-electron chi connectivity index (χ0n) is 8.54. The Morgan fingerprint density at radius 3 is 2.60 bits per heavy atom. The Bertz CT molecular complexity index is 505. The van der Waals surface area contributed by atoms with E-state index in [1.165, 1.54) is 6.07 Å². The second-order valence-electron chi connectivity index (χ2n) is 3.49. The molecule has 0 bridgehead atoms. The Kier molecular flexibility index (Phi) is 2.19. The quantitative estimate of drug-likeness (QED) is 0.780. The molecule has 3 nitrogen and oxygen atoms in total. The number of benzene rings is 1. The van der Waals surface area contributed by atoms with Crippen LogP contribution in [0.25, 0.3) is 11.3 Å². The molecule has 0 fully saturated rings. The molecule has 0 aliphatic heterocycles. The highest BCUT2D eigenvalue weighted by molar-refractivity contribution is 5.66. The third-order valence-corrected chi connectivity index (χ3v) is 2.38. The minimum absolute atomic E-state index is 0.233. The van der Waals surface area contributed by atoms with Crippen molar-refractivity contribution in [3.05, 3.63) is 35.1 Å². The van der Waals surface area contributed by atoms with Crippen molar-refractivity contribution in [2.45, 2.75) is 13.8 Å². The van der Waals surface area contributed by atoms with Gasteiger partial charge in [0.2, 0.25) is 0 Å². The van der Waals surface area contributed by atoms with Gasteiger partial charge in [0.1, 0.15) is 5.82 Å². The summed E-state index contributed by atoms with van der Waals surface area (Å²) < 4.78 is 18.1. The highest BCUT2D eigenvalue weighted by Gasteiger charge is 2.12. The Morgan fingerprint density at radius 1 is 1.33 bits per heavy atom. The van der Waals surface area contributed by atoms with Crippen LogP contribution < -0.4 is 5.73 Å². The van der Waals surface area contributed by atoms with Crippen molar-refractivity contribution in [1.29, 1.82) is 0 Å². The molecular formula is C11H11FN2O. The Balaban J connectivity index is 2.55. The molecule has 4 heteroatoms. The summed E-state index contributed by atoms with van der Waals surface area (Å²) in [6, 6.07) is 4.76. The molecule has 78 valence electrons. The van der Waals surface area contributed by atoms with E-state index < -0.39 is 0 Å². The van der Waals surface area contributed by atoms with Crippen LogP contribution in [0.2, 0.25) is 0 Å². The SMILES string of the molecule is Cc1cc(-c2onc(N)c2C)ccc1F. The largest absolute Gasteiger partial charge is 0.381 e. The molecule has 1 aromatic heterocycles. The lowest BCUT2D eigenvalue weighted by molar-refractivity contribution is 0.435. The highest BCUT2D eigenvalue weighted by Crippen LogP contribution is 2.27. The molecule has 2 N–H and O–H groups in total. The first kappa shape index (κ1) is 9.71. The van der Waals surface area contributed by atoms with E-state index in [1.807, 2.05) is 6.92 Å². The van der Waals surface area contributed by atoms with Gasteiger partial charge in [-0.3, -0.25) is 0 Å². The molecular weight excluding hydrogens is 195 g/mol. The van der Waals surface area contributed by atoms with E-state index in [-0.39, 0.29) is 5.82 Å². The van der Waals surface area contributed by atoms with Crippen LogP contribution in [0.1, 0.15) is 11.1 Å². The summed E-state index contributed by atoms with van der Waals surface area (Å²) in [7, 11) is 0. The predicted octanol–water partition coefficient (Wildman–Crippen LogP) is 2.68. The molecule has 0 saturated carbocycles. The summed E-state index contributed by atoms with van der Waals surface area (Å²) in [6.07, 6.45) is 0. The van der Waals surface area contributed by atoms with Crippen LogP contribution in [-0.4, -0.2) is 5.16 Å².